The summed E-state index contributed by atoms with van der Waals surface area (Å²) in [6, 6.07) is 17.2. The number of piperidine rings is 1. The van der Waals surface area contributed by atoms with E-state index in [4.69, 9.17) is 4.98 Å². The molecule has 1 amide bonds. The van der Waals surface area contributed by atoms with Crippen molar-refractivity contribution >= 4 is 62.6 Å². The van der Waals surface area contributed by atoms with Gasteiger partial charge >= 0.3 is 0 Å². The number of pyridine rings is 1. The predicted molar refractivity (Wildman–Crippen MR) is 150 cm³/mol. The number of carbonyl (C=O) groups excluding carboxylic acids is 2. The number of aromatic nitrogens is 1. The number of halogens is 1. The van der Waals surface area contributed by atoms with Gasteiger partial charge in [-0.15, -0.1) is 23.7 Å². The van der Waals surface area contributed by atoms with E-state index >= 15 is 0 Å². The van der Waals surface area contributed by atoms with Crippen LogP contribution in [0.2, 0.25) is 0 Å². The highest BCUT2D eigenvalue weighted by atomic mass is 35.5. The van der Waals surface area contributed by atoms with Crippen LogP contribution in [0.15, 0.2) is 48.5 Å². The van der Waals surface area contributed by atoms with Crippen LogP contribution in [0.25, 0.3) is 32.2 Å². The summed E-state index contributed by atoms with van der Waals surface area (Å²) in [6.45, 7) is 5.22. The Morgan fingerprint density at radius 1 is 1.08 bits per heavy atom. The van der Waals surface area contributed by atoms with Gasteiger partial charge in [0.15, 0.2) is 0 Å². The van der Waals surface area contributed by atoms with Gasteiger partial charge in [0.2, 0.25) is 0 Å². The standard InChI is InChI=1S/C28H28N4O2S.ClH/c1-17-16-29-26-25-21-6-7-22(31-23(21)8-9-24(25)35-27(26)28(34)30-17)20-4-2-18(3-5-20)19-10-12-32(13-11-19)14-15-33;/h2-9,15,17,19,29H,10-14,16H2,1H3,(H,30,34);1H/t17-;/m1./s1. The highest BCUT2D eigenvalue weighted by Gasteiger charge is 2.25. The zero-order valence-electron chi connectivity index (χ0n) is 20.1. The minimum atomic E-state index is -0.00840. The molecule has 1 atom stereocenters. The number of fused-ring (bicyclic) bond motifs is 5. The first-order valence-corrected chi connectivity index (χ1v) is 13.1. The third kappa shape index (κ3) is 4.47. The van der Waals surface area contributed by atoms with Gasteiger partial charge < -0.3 is 15.4 Å². The number of anilines is 1. The molecule has 8 heteroatoms. The third-order valence-corrected chi connectivity index (χ3v) is 8.44. The van der Waals surface area contributed by atoms with Crippen LogP contribution in [0.5, 0.6) is 0 Å². The molecule has 0 radical (unpaired) electrons. The quantitative estimate of drug-likeness (QED) is 0.349. The molecule has 2 aliphatic heterocycles. The Balaban J connectivity index is 0.00000267. The minimum absolute atomic E-state index is 0. The lowest BCUT2D eigenvalue weighted by Crippen LogP contribution is -2.34. The number of nitrogens with one attached hydrogen (secondary N) is 2. The second kappa shape index (κ2) is 10.2. The summed E-state index contributed by atoms with van der Waals surface area (Å²) in [4.78, 5) is 31.4. The fraction of sp³-hybridized carbons (Fsp3) is 0.321. The van der Waals surface area contributed by atoms with Gasteiger partial charge in [0.1, 0.15) is 11.2 Å². The van der Waals surface area contributed by atoms with Crippen LogP contribution in [0.3, 0.4) is 0 Å². The number of thiophene rings is 1. The fourth-order valence-electron chi connectivity index (χ4n) is 5.37. The van der Waals surface area contributed by atoms with E-state index in [1.54, 1.807) is 0 Å². The Morgan fingerprint density at radius 2 is 1.86 bits per heavy atom. The van der Waals surface area contributed by atoms with Crippen molar-refractivity contribution in [1.82, 2.24) is 15.2 Å². The largest absolute Gasteiger partial charge is 0.381 e. The van der Waals surface area contributed by atoms with Crippen LogP contribution in [0, 0.1) is 0 Å². The molecule has 0 unspecified atom stereocenters. The van der Waals surface area contributed by atoms with Crippen LogP contribution in [-0.2, 0) is 4.79 Å². The van der Waals surface area contributed by atoms with Crippen LogP contribution in [-0.4, -0.2) is 54.3 Å². The maximum Gasteiger partial charge on any atom is 0.263 e. The van der Waals surface area contributed by atoms with Gasteiger partial charge in [0, 0.05) is 33.6 Å². The highest BCUT2D eigenvalue weighted by Crippen LogP contribution is 2.41. The van der Waals surface area contributed by atoms with Crippen LogP contribution < -0.4 is 10.6 Å². The molecular weight excluding hydrogens is 492 g/mol. The summed E-state index contributed by atoms with van der Waals surface area (Å²) in [7, 11) is 0. The number of nitrogens with zero attached hydrogens (tertiary/aromatic N) is 2. The van der Waals surface area contributed by atoms with Crippen molar-refractivity contribution in [2.75, 3.05) is 31.5 Å². The number of likely N-dealkylation sites (tertiary alicyclic amines) is 1. The molecule has 4 heterocycles. The Morgan fingerprint density at radius 3 is 2.61 bits per heavy atom. The van der Waals surface area contributed by atoms with Gasteiger partial charge in [-0.05, 0) is 68.6 Å². The fourth-order valence-corrected chi connectivity index (χ4v) is 6.46. The van der Waals surface area contributed by atoms with Crippen LogP contribution in [0.4, 0.5) is 5.69 Å². The zero-order chi connectivity index (χ0) is 23.9. The van der Waals surface area contributed by atoms with E-state index in [1.807, 2.05) is 6.92 Å². The molecule has 2 aliphatic rings. The SMILES string of the molecule is C[C@@H]1CNc2c(sc3ccc4nc(-c5ccc(C6CCN(CC=O)CC6)cc5)ccc4c23)C(=O)N1.Cl. The number of rotatable bonds is 4. The Hall–Kier alpha value is -3.00. The van der Waals surface area contributed by atoms with Gasteiger partial charge in [-0.2, -0.15) is 0 Å². The first-order valence-electron chi connectivity index (χ1n) is 12.3. The zero-order valence-corrected chi connectivity index (χ0v) is 21.8. The molecule has 2 aromatic heterocycles. The number of hydrogen-bond acceptors (Lipinski definition) is 6. The molecule has 6 nitrogen and oxygen atoms in total. The van der Waals surface area contributed by atoms with Crippen molar-refractivity contribution in [2.45, 2.75) is 31.7 Å². The van der Waals surface area contributed by atoms with E-state index in [2.05, 4.69) is 64.1 Å². The Kier molecular flexibility index (Phi) is 6.97. The molecule has 1 saturated heterocycles. The lowest BCUT2D eigenvalue weighted by Gasteiger charge is -2.30. The monoisotopic (exact) mass is 520 g/mol. The number of benzene rings is 2. The van der Waals surface area contributed by atoms with Crippen molar-refractivity contribution in [1.29, 1.82) is 0 Å². The van der Waals surface area contributed by atoms with Crippen molar-refractivity contribution in [3.63, 3.8) is 0 Å². The number of carbonyl (C=O) groups is 2. The first-order chi connectivity index (χ1) is 17.1. The minimum Gasteiger partial charge on any atom is -0.381 e. The van der Waals surface area contributed by atoms with Crippen molar-refractivity contribution in [3.05, 3.63) is 59.0 Å². The van der Waals surface area contributed by atoms with Crippen LogP contribution in [0.1, 0.15) is 40.9 Å². The maximum atomic E-state index is 12.7. The Labute approximate surface area is 220 Å². The van der Waals surface area contributed by atoms with E-state index in [0.29, 0.717) is 19.0 Å². The van der Waals surface area contributed by atoms with E-state index in [9.17, 15) is 9.59 Å². The summed E-state index contributed by atoms with van der Waals surface area (Å²) < 4.78 is 1.10. The number of aldehydes is 1. The second-order valence-corrected chi connectivity index (χ2v) is 10.7. The molecule has 0 saturated carbocycles. The van der Waals surface area contributed by atoms with Gasteiger partial charge in [-0.1, -0.05) is 24.3 Å². The van der Waals surface area contributed by atoms with Gasteiger partial charge in [-0.25, -0.2) is 4.98 Å². The maximum absolute atomic E-state index is 12.7. The Bertz CT molecular complexity index is 1430. The highest BCUT2D eigenvalue weighted by molar-refractivity contribution is 7.21. The summed E-state index contributed by atoms with van der Waals surface area (Å²) in [6.07, 6.45) is 3.18. The van der Waals surface area contributed by atoms with E-state index in [-0.39, 0.29) is 24.4 Å². The van der Waals surface area contributed by atoms with Gasteiger partial charge in [-0.3, -0.25) is 9.69 Å². The molecule has 0 spiro atoms. The summed E-state index contributed by atoms with van der Waals surface area (Å²) >= 11 is 1.53. The topological polar surface area (TPSA) is 74.3 Å². The van der Waals surface area contributed by atoms with Gasteiger partial charge in [0.05, 0.1) is 23.4 Å². The van der Waals surface area contributed by atoms with Gasteiger partial charge in [0.25, 0.3) is 5.91 Å². The molecule has 36 heavy (non-hydrogen) atoms. The lowest BCUT2D eigenvalue weighted by molar-refractivity contribution is -0.109. The molecular formula is C28H29ClN4O2S. The van der Waals surface area contributed by atoms with E-state index in [1.165, 1.54) is 16.9 Å². The van der Waals surface area contributed by atoms with Crippen molar-refractivity contribution < 1.29 is 9.59 Å². The molecule has 0 aliphatic carbocycles. The number of hydrogen-bond donors (Lipinski definition) is 2. The lowest BCUT2D eigenvalue weighted by atomic mass is 9.89. The average molecular weight is 521 g/mol. The molecule has 6 rings (SSSR count). The molecule has 1 fully saturated rings. The summed E-state index contributed by atoms with van der Waals surface area (Å²) in [5, 5.41) is 8.70. The van der Waals surface area contributed by atoms with Crippen molar-refractivity contribution in [3.8, 4) is 11.3 Å². The molecule has 2 N–H and O–H groups in total. The molecule has 186 valence electrons. The first kappa shape index (κ1) is 24.7. The van der Waals surface area contributed by atoms with Crippen molar-refractivity contribution in [2.24, 2.45) is 0 Å². The summed E-state index contributed by atoms with van der Waals surface area (Å²) in [5.41, 5.74) is 5.27. The third-order valence-electron chi connectivity index (χ3n) is 7.29. The normalized spacial score (nSPS) is 18.7. The number of amides is 1. The molecule has 0 bridgehead atoms. The molecule has 2 aromatic carbocycles. The predicted octanol–water partition coefficient (Wildman–Crippen LogP) is 5.46. The van der Waals surface area contributed by atoms with E-state index in [0.717, 1.165) is 75.0 Å². The van der Waals surface area contributed by atoms with E-state index < -0.39 is 0 Å². The second-order valence-electron chi connectivity index (χ2n) is 9.63. The van der Waals surface area contributed by atoms with Crippen LogP contribution >= 0.6 is 23.7 Å². The average Bonchev–Trinajstić information content (AvgIpc) is 3.21. The molecule has 4 aromatic rings. The summed E-state index contributed by atoms with van der Waals surface area (Å²) in [5.74, 6) is 0.539. The smallest absolute Gasteiger partial charge is 0.263 e.